The van der Waals surface area contributed by atoms with Gasteiger partial charge in [-0.2, -0.15) is 0 Å². The highest BCUT2D eigenvalue weighted by Gasteiger charge is 2.34. The summed E-state index contributed by atoms with van der Waals surface area (Å²) in [6.45, 7) is 4.10. The Bertz CT molecular complexity index is 856. The minimum atomic E-state index is -0.0681. The summed E-state index contributed by atoms with van der Waals surface area (Å²) in [5, 5.41) is 2.93. The van der Waals surface area contributed by atoms with E-state index in [1.807, 2.05) is 43.0 Å². The maximum Gasteiger partial charge on any atom is 0.238 e. The Balaban J connectivity index is 1.63. The second-order valence-corrected chi connectivity index (χ2v) is 8.23. The van der Waals surface area contributed by atoms with Crippen LogP contribution in [0, 0.1) is 19.8 Å². The molecule has 1 saturated heterocycles. The summed E-state index contributed by atoms with van der Waals surface area (Å²) in [4.78, 5) is 26.5. The summed E-state index contributed by atoms with van der Waals surface area (Å²) in [5.41, 5.74) is 5.08. The molecule has 1 aliphatic heterocycles. The van der Waals surface area contributed by atoms with Crippen molar-refractivity contribution in [1.82, 2.24) is 0 Å². The number of anilines is 2. The van der Waals surface area contributed by atoms with E-state index in [1.54, 1.807) is 11.8 Å². The number of amides is 2. The van der Waals surface area contributed by atoms with E-state index in [0.29, 0.717) is 5.75 Å². The Morgan fingerprint density at radius 3 is 2.54 bits per heavy atom. The number of nitrogens with one attached hydrogen (secondary N) is 1. The van der Waals surface area contributed by atoms with Crippen molar-refractivity contribution in [1.29, 1.82) is 0 Å². The molecule has 2 aromatic rings. The number of thioether (sulfide) groups is 1. The first-order chi connectivity index (χ1) is 12.5. The number of hydrogen-bond acceptors (Lipinski definition) is 3. The van der Waals surface area contributed by atoms with Crippen LogP contribution < -0.4 is 10.2 Å². The van der Waals surface area contributed by atoms with Gasteiger partial charge in [0.2, 0.25) is 11.8 Å². The van der Waals surface area contributed by atoms with Gasteiger partial charge in [-0.25, -0.2) is 0 Å². The second kappa shape index (κ2) is 6.80. The van der Waals surface area contributed by atoms with Crippen LogP contribution in [0.5, 0.6) is 0 Å². The van der Waals surface area contributed by atoms with Gasteiger partial charge in [-0.1, -0.05) is 18.2 Å². The third kappa shape index (κ3) is 3.49. The lowest BCUT2D eigenvalue weighted by Crippen LogP contribution is -2.28. The number of aryl methyl sites for hydroxylation is 2. The van der Waals surface area contributed by atoms with Crippen LogP contribution in [-0.4, -0.2) is 17.6 Å². The molecule has 0 spiro atoms. The van der Waals surface area contributed by atoms with Gasteiger partial charge in [0, 0.05) is 17.3 Å². The second-order valence-electron chi connectivity index (χ2n) is 7.16. The predicted octanol–water partition coefficient (Wildman–Crippen LogP) is 4.43. The summed E-state index contributed by atoms with van der Waals surface area (Å²) >= 11 is 1.63. The number of carbonyl (C=O) groups excluding carboxylic acids is 2. The topological polar surface area (TPSA) is 49.4 Å². The molecule has 1 unspecified atom stereocenters. The fraction of sp³-hybridized carbons (Fsp3) is 0.333. The normalized spacial score (nSPS) is 19.7. The molecule has 1 saturated carbocycles. The molecule has 0 aromatic heterocycles. The SMILES string of the molecule is Cc1cc(C)cc(N2C(=O)CSC2c2cccc(NC(=O)C3CC3)c2)c1. The molecule has 4 nitrogen and oxygen atoms in total. The van der Waals surface area contributed by atoms with Crippen LogP contribution in [0.1, 0.15) is 34.9 Å². The first-order valence-electron chi connectivity index (χ1n) is 8.94. The lowest BCUT2D eigenvalue weighted by molar-refractivity contribution is -0.117. The molecule has 5 heteroatoms. The molecule has 2 aliphatic rings. The van der Waals surface area contributed by atoms with E-state index in [2.05, 4.69) is 23.5 Å². The summed E-state index contributed by atoms with van der Waals surface area (Å²) in [7, 11) is 0. The molecule has 26 heavy (non-hydrogen) atoms. The van der Waals surface area contributed by atoms with Gasteiger partial charge in [-0.3, -0.25) is 14.5 Å². The quantitative estimate of drug-likeness (QED) is 0.871. The fourth-order valence-corrected chi connectivity index (χ4v) is 4.57. The molecular weight excluding hydrogens is 344 g/mol. The molecule has 2 amide bonds. The molecule has 1 N–H and O–H groups in total. The van der Waals surface area contributed by atoms with Crippen LogP contribution in [0.3, 0.4) is 0 Å². The monoisotopic (exact) mass is 366 g/mol. The Hall–Kier alpha value is -2.27. The van der Waals surface area contributed by atoms with Crippen LogP contribution in [0.25, 0.3) is 0 Å². The zero-order valence-electron chi connectivity index (χ0n) is 15.0. The van der Waals surface area contributed by atoms with E-state index in [0.717, 1.165) is 40.9 Å². The van der Waals surface area contributed by atoms with Crippen molar-refractivity contribution >= 4 is 35.0 Å². The molecule has 0 bridgehead atoms. The highest BCUT2D eigenvalue weighted by Crippen LogP contribution is 2.42. The van der Waals surface area contributed by atoms with Crippen LogP contribution in [0.4, 0.5) is 11.4 Å². The van der Waals surface area contributed by atoms with Crippen LogP contribution in [0.15, 0.2) is 42.5 Å². The van der Waals surface area contributed by atoms with Gasteiger partial charge in [0.25, 0.3) is 0 Å². The van der Waals surface area contributed by atoms with Crippen molar-refractivity contribution in [2.75, 3.05) is 16.0 Å². The molecular formula is C21H22N2O2S. The summed E-state index contributed by atoms with van der Waals surface area (Å²) < 4.78 is 0. The van der Waals surface area contributed by atoms with Gasteiger partial charge in [0.15, 0.2) is 0 Å². The van der Waals surface area contributed by atoms with Crippen molar-refractivity contribution in [3.63, 3.8) is 0 Å². The van der Waals surface area contributed by atoms with Crippen LogP contribution in [-0.2, 0) is 9.59 Å². The lowest BCUT2D eigenvalue weighted by Gasteiger charge is -2.25. The molecule has 1 atom stereocenters. The van der Waals surface area contributed by atoms with Crippen molar-refractivity contribution in [3.8, 4) is 0 Å². The van der Waals surface area contributed by atoms with Gasteiger partial charge in [0.1, 0.15) is 5.37 Å². The molecule has 1 aliphatic carbocycles. The largest absolute Gasteiger partial charge is 0.326 e. The van der Waals surface area contributed by atoms with Gasteiger partial charge < -0.3 is 5.32 Å². The number of hydrogen-bond donors (Lipinski definition) is 1. The molecule has 2 aromatic carbocycles. The Kier molecular flexibility index (Phi) is 4.49. The fourth-order valence-electron chi connectivity index (χ4n) is 3.40. The Morgan fingerprint density at radius 1 is 1.12 bits per heavy atom. The van der Waals surface area contributed by atoms with Gasteiger partial charge in [-0.05, 0) is 67.6 Å². The summed E-state index contributed by atoms with van der Waals surface area (Å²) in [6.07, 6.45) is 1.97. The summed E-state index contributed by atoms with van der Waals surface area (Å²) in [5.74, 6) is 0.866. The van der Waals surface area contributed by atoms with E-state index in [4.69, 9.17) is 0 Å². The Labute approximate surface area is 158 Å². The molecule has 1 heterocycles. The minimum Gasteiger partial charge on any atom is -0.326 e. The highest BCUT2D eigenvalue weighted by atomic mass is 32.2. The standard InChI is InChI=1S/C21H22N2O2S/c1-13-8-14(2)10-18(9-13)23-19(24)12-26-21(23)16-4-3-5-17(11-16)22-20(25)15-6-7-15/h3-5,8-11,15,21H,6-7,12H2,1-2H3,(H,22,25). The average Bonchev–Trinajstić information content (AvgIpc) is 3.37. The van der Waals surface area contributed by atoms with Crippen molar-refractivity contribution < 1.29 is 9.59 Å². The summed E-state index contributed by atoms with van der Waals surface area (Å²) in [6, 6.07) is 14.1. The third-order valence-electron chi connectivity index (χ3n) is 4.74. The van der Waals surface area contributed by atoms with Gasteiger partial charge in [-0.15, -0.1) is 11.8 Å². The molecule has 4 rings (SSSR count). The zero-order valence-corrected chi connectivity index (χ0v) is 15.8. The zero-order chi connectivity index (χ0) is 18.3. The Morgan fingerprint density at radius 2 is 1.85 bits per heavy atom. The van der Waals surface area contributed by atoms with Gasteiger partial charge in [0.05, 0.1) is 5.75 Å². The van der Waals surface area contributed by atoms with Gasteiger partial charge >= 0.3 is 0 Å². The first kappa shape index (κ1) is 17.2. The number of benzene rings is 2. The van der Waals surface area contributed by atoms with E-state index in [1.165, 1.54) is 0 Å². The smallest absolute Gasteiger partial charge is 0.238 e. The number of carbonyl (C=O) groups is 2. The third-order valence-corrected chi connectivity index (χ3v) is 5.95. The van der Waals surface area contributed by atoms with Crippen molar-refractivity contribution in [2.24, 2.45) is 5.92 Å². The van der Waals surface area contributed by atoms with E-state index >= 15 is 0 Å². The van der Waals surface area contributed by atoms with Crippen molar-refractivity contribution in [2.45, 2.75) is 32.1 Å². The molecule has 134 valence electrons. The van der Waals surface area contributed by atoms with E-state index in [-0.39, 0.29) is 23.1 Å². The minimum absolute atomic E-state index is 0.0681. The molecule has 2 fully saturated rings. The van der Waals surface area contributed by atoms with E-state index < -0.39 is 0 Å². The first-order valence-corrected chi connectivity index (χ1v) is 9.99. The average molecular weight is 366 g/mol. The predicted molar refractivity (Wildman–Crippen MR) is 106 cm³/mol. The van der Waals surface area contributed by atoms with E-state index in [9.17, 15) is 9.59 Å². The van der Waals surface area contributed by atoms with Crippen LogP contribution in [0.2, 0.25) is 0 Å². The maximum atomic E-state index is 12.6. The molecule has 0 radical (unpaired) electrons. The van der Waals surface area contributed by atoms with Crippen molar-refractivity contribution in [3.05, 3.63) is 59.2 Å². The number of nitrogens with zero attached hydrogens (tertiary/aromatic N) is 1. The lowest BCUT2D eigenvalue weighted by atomic mass is 10.1. The number of rotatable bonds is 4. The van der Waals surface area contributed by atoms with Crippen LogP contribution >= 0.6 is 11.8 Å². The highest BCUT2D eigenvalue weighted by molar-refractivity contribution is 8.00. The maximum absolute atomic E-state index is 12.6.